The van der Waals surface area contributed by atoms with Crippen LogP contribution in [0.25, 0.3) is 0 Å². The molecule has 0 fully saturated rings. The zero-order chi connectivity index (χ0) is 7.40. The Labute approximate surface area is 63.7 Å². The van der Waals surface area contributed by atoms with Crippen molar-refractivity contribution in [3.05, 3.63) is 35.4 Å². The van der Waals surface area contributed by atoms with Gasteiger partial charge in [0.2, 0.25) is 0 Å². The maximum Gasteiger partial charge on any atom is 0.0140 e. The minimum atomic E-state index is 1.07. The van der Waals surface area contributed by atoms with E-state index in [-0.39, 0.29) is 0 Å². The molecule has 1 aromatic rings. The maximum absolute atomic E-state index is 3.78. The summed E-state index contributed by atoms with van der Waals surface area (Å²) < 4.78 is 0. The summed E-state index contributed by atoms with van der Waals surface area (Å²) in [5.74, 6) is 0. The Morgan fingerprint density at radius 3 is 2.90 bits per heavy atom. The highest BCUT2D eigenvalue weighted by Gasteiger charge is 1.87. The fourth-order valence-electron chi connectivity index (χ4n) is 0.940. The van der Waals surface area contributed by atoms with Crippen LogP contribution in [-0.4, -0.2) is 6.30 Å². The molecule has 0 saturated carbocycles. The number of rotatable bonds is 2. The van der Waals surface area contributed by atoms with E-state index in [9.17, 15) is 0 Å². The van der Waals surface area contributed by atoms with Gasteiger partial charge in [-0.25, -0.2) is 0 Å². The normalized spacial score (nSPS) is 10.1. The average Bonchev–Trinajstić information content (AvgIpc) is 1.88. The molecular formula is C9H11P. The Hall–Kier alpha value is -0.610. The summed E-state index contributed by atoms with van der Waals surface area (Å²) >= 11 is 0. The third-order valence-electron chi connectivity index (χ3n) is 1.38. The van der Waals surface area contributed by atoms with Gasteiger partial charge in [-0.05, 0) is 12.5 Å². The van der Waals surface area contributed by atoms with Crippen LogP contribution in [0.3, 0.4) is 0 Å². The number of hydrogen-bond donors (Lipinski definition) is 0. The first kappa shape index (κ1) is 7.50. The first-order valence-electron chi connectivity index (χ1n) is 3.31. The Kier molecular flexibility index (Phi) is 2.65. The summed E-state index contributed by atoms with van der Waals surface area (Å²) in [7, 11) is 1.20. The van der Waals surface area contributed by atoms with Gasteiger partial charge < -0.3 is 0 Å². The predicted molar refractivity (Wildman–Crippen MR) is 48.9 cm³/mol. The van der Waals surface area contributed by atoms with Gasteiger partial charge in [-0.2, -0.15) is 0 Å². The van der Waals surface area contributed by atoms with Crippen LogP contribution in [0.5, 0.6) is 0 Å². The molecule has 0 radical (unpaired) electrons. The van der Waals surface area contributed by atoms with E-state index < -0.39 is 0 Å². The Balaban J connectivity index is 2.84. The highest BCUT2D eigenvalue weighted by atomic mass is 31.1. The largest absolute Gasteiger partial charge is 0.108 e. The monoisotopic (exact) mass is 150 g/mol. The maximum atomic E-state index is 3.78. The van der Waals surface area contributed by atoms with Gasteiger partial charge in [-0.15, -0.1) is 8.20 Å². The standard InChI is InChI=1S/C9H11P/c1-8-4-3-5-9(6-8)7-10-2/h3-6H,2,7H2,1H3. The summed E-state index contributed by atoms with van der Waals surface area (Å²) in [6.45, 7) is 2.11. The molecule has 1 rings (SSSR count). The Bertz CT molecular complexity index is 228. The van der Waals surface area contributed by atoms with Crippen LogP contribution in [0.15, 0.2) is 24.3 Å². The number of hydrogen-bond acceptors (Lipinski definition) is 0. The molecule has 1 heteroatoms. The van der Waals surface area contributed by atoms with Gasteiger partial charge in [0.1, 0.15) is 0 Å². The summed E-state index contributed by atoms with van der Waals surface area (Å²) in [5.41, 5.74) is 2.72. The molecule has 52 valence electrons. The molecular weight excluding hydrogens is 139 g/mol. The van der Waals surface area contributed by atoms with E-state index in [0.717, 1.165) is 6.16 Å². The second-order valence-electron chi connectivity index (χ2n) is 2.37. The molecule has 0 bridgehead atoms. The average molecular weight is 150 g/mol. The highest BCUT2D eigenvalue weighted by Crippen LogP contribution is 2.09. The van der Waals surface area contributed by atoms with Gasteiger partial charge >= 0.3 is 0 Å². The van der Waals surface area contributed by atoms with E-state index in [1.54, 1.807) is 0 Å². The van der Waals surface area contributed by atoms with E-state index in [1.165, 1.54) is 19.3 Å². The first-order valence-corrected chi connectivity index (χ1v) is 4.57. The third kappa shape index (κ3) is 1.97. The van der Waals surface area contributed by atoms with Gasteiger partial charge in [-0.1, -0.05) is 36.1 Å². The van der Waals surface area contributed by atoms with Crippen molar-refractivity contribution >= 4 is 14.5 Å². The fraction of sp³-hybridized carbons (Fsp3) is 0.222. The van der Waals surface area contributed by atoms with Crippen molar-refractivity contribution < 1.29 is 0 Å². The van der Waals surface area contributed by atoms with E-state index >= 15 is 0 Å². The SMILES string of the molecule is C=PCc1cccc(C)c1. The summed E-state index contributed by atoms with van der Waals surface area (Å²) in [6, 6.07) is 8.56. The second kappa shape index (κ2) is 3.53. The Morgan fingerprint density at radius 1 is 1.50 bits per heavy atom. The molecule has 0 amide bonds. The minimum absolute atomic E-state index is 1.07. The molecule has 0 aliphatic heterocycles. The summed E-state index contributed by atoms with van der Waals surface area (Å²) in [6.07, 6.45) is 4.85. The van der Waals surface area contributed by atoms with Crippen LogP contribution in [0.2, 0.25) is 0 Å². The second-order valence-corrected chi connectivity index (χ2v) is 3.13. The van der Waals surface area contributed by atoms with Crippen LogP contribution < -0.4 is 0 Å². The number of aryl methyl sites for hydroxylation is 1. The lowest BCUT2D eigenvalue weighted by Crippen LogP contribution is -1.77. The number of benzene rings is 1. The molecule has 0 heterocycles. The van der Waals surface area contributed by atoms with Crippen LogP contribution in [0, 0.1) is 6.92 Å². The van der Waals surface area contributed by atoms with Crippen LogP contribution in [0.4, 0.5) is 0 Å². The fourth-order valence-corrected chi connectivity index (χ4v) is 1.39. The summed E-state index contributed by atoms with van der Waals surface area (Å²) in [5, 5.41) is 0. The van der Waals surface area contributed by atoms with Gasteiger partial charge in [0.05, 0.1) is 0 Å². The molecule has 0 aromatic heterocycles. The van der Waals surface area contributed by atoms with Crippen molar-refractivity contribution in [3.8, 4) is 0 Å². The van der Waals surface area contributed by atoms with Crippen molar-refractivity contribution in [3.63, 3.8) is 0 Å². The molecule has 0 aliphatic carbocycles. The van der Waals surface area contributed by atoms with Crippen LogP contribution in [-0.2, 0) is 6.16 Å². The zero-order valence-electron chi connectivity index (χ0n) is 6.17. The third-order valence-corrected chi connectivity index (χ3v) is 1.97. The van der Waals surface area contributed by atoms with E-state index in [0.29, 0.717) is 0 Å². The predicted octanol–water partition coefficient (Wildman–Crippen LogP) is 2.87. The van der Waals surface area contributed by atoms with E-state index in [2.05, 4.69) is 37.5 Å². The zero-order valence-corrected chi connectivity index (χ0v) is 7.07. The van der Waals surface area contributed by atoms with Crippen molar-refractivity contribution in [2.45, 2.75) is 13.1 Å². The van der Waals surface area contributed by atoms with E-state index in [1.807, 2.05) is 0 Å². The molecule has 0 unspecified atom stereocenters. The molecule has 0 nitrogen and oxygen atoms in total. The quantitative estimate of drug-likeness (QED) is 0.568. The first-order chi connectivity index (χ1) is 4.83. The molecule has 0 saturated heterocycles. The lowest BCUT2D eigenvalue weighted by molar-refractivity contribution is 1.36. The van der Waals surface area contributed by atoms with Crippen molar-refractivity contribution in [1.82, 2.24) is 0 Å². The molecule has 0 aliphatic rings. The topological polar surface area (TPSA) is 0 Å². The van der Waals surface area contributed by atoms with Crippen molar-refractivity contribution in [2.75, 3.05) is 0 Å². The molecule has 0 spiro atoms. The smallest absolute Gasteiger partial charge is 0.0140 e. The van der Waals surface area contributed by atoms with Crippen LogP contribution in [0.1, 0.15) is 11.1 Å². The molecule has 1 aromatic carbocycles. The van der Waals surface area contributed by atoms with Gasteiger partial charge in [0.15, 0.2) is 0 Å². The lowest BCUT2D eigenvalue weighted by atomic mass is 10.2. The molecule has 0 atom stereocenters. The van der Waals surface area contributed by atoms with Gasteiger partial charge in [0.25, 0.3) is 0 Å². The molecule has 0 N–H and O–H groups in total. The van der Waals surface area contributed by atoms with Crippen molar-refractivity contribution in [1.29, 1.82) is 0 Å². The van der Waals surface area contributed by atoms with E-state index in [4.69, 9.17) is 0 Å². The van der Waals surface area contributed by atoms with Gasteiger partial charge in [-0.3, -0.25) is 0 Å². The molecule has 10 heavy (non-hydrogen) atoms. The van der Waals surface area contributed by atoms with Crippen LogP contribution >= 0.6 is 8.20 Å². The van der Waals surface area contributed by atoms with Gasteiger partial charge in [0, 0.05) is 6.16 Å². The highest BCUT2D eigenvalue weighted by molar-refractivity contribution is 7.35. The lowest BCUT2D eigenvalue weighted by Gasteiger charge is -1.95. The van der Waals surface area contributed by atoms with Crippen molar-refractivity contribution in [2.24, 2.45) is 0 Å². The summed E-state index contributed by atoms with van der Waals surface area (Å²) in [4.78, 5) is 0. The minimum Gasteiger partial charge on any atom is -0.108 e. The Morgan fingerprint density at radius 2 is 2.30 bits per heavy atom.